The minimum atomic E-state index is -3.78. The molecule has 1 aliphatic heterocycles. The molecule has 1 fully saturated rings. The lowest BCUT2D eigenvalue weighted by molar-refractivity contribution is 0.106. The van der Waals surface area contributed by atoms with Crippen molar-refractivity contribution in [1.82, 2.24) is 4.90 Å². The van der Waals surface area contributed by atoms with Gasteiger partial charge in [-0.3, -0.25) is 4.18 Å². The van der Waals surface area contributed by atoms with Gasteiger partial charge in [0.05, 0.1) is 11.5 Å². The molecule has 1 N–H and O–H groups in total. The van der Waals surface area contributed by atoms with E-state index in [0.29, 0.717) is 13.1 Å². The molecule has 21 heavy (non-hydrogen) atoms. The van der Waals surface area contributed by atoms with Gasteiger partial charge in [-0.25, -0.2) is 4.79 Å². The second-order valence-corrected chi connectivity index (χ2v) is 6.90. The normalized spacial score (nSPS) is 19.5. The van der Waals surface area contributed by atoms with Gasteiger partial charge in [-0.2, -0.15) is 8.42 Å². The summed E-state index contributed by atoms with van der Waals surface area (Å²) in [6, 6.07) is 6.44. The Bertz CT molecular complexity index is 596. The molecule has 0 saturated carbocycles. The molecule has 0 aliphatic carbocycles. The number of amides is 1. The van der Waals surface area contributed by atoms with Gasteiger partial charge in [0.1, 0.15) is 0 Å². The van der Waals surface area contributed by atoms with Gasteiger partial charge in [0, 0.05) is 19.0 Å². The van der Waals surface area contributed by atoms with E-state index in [0.717, 1.165) is 18.4 Å². The van der Waals surface area contributed by atoms with Gasteiger partial charge in [-0.1, -0.05) is 17.7 Å². The van der Waals surface area contributed by atoms with Crippen LogP contribution in [0.4, 0.5) is 4.79 Å². The predicted molar refractivity (Wildman–Crippen MR) is 76.6 cm³/mol. The minimum absolute atomic E-state index is 0.0139. The van der Waals surface area contributed by atoms with Crippen LogP contribution in [0.15, 0.2) is 29.2 Å². The van der Waals surface area contributed by atoms with Crippen LogP contribution in [-0.4, -0.2) is 44.2 Å². The molecule has 1 atom stereocenters. The van der Waals surface area contributed by atoms with Crippen molar-refractivity contribution in [1.29, 1.82) is 0 Å². The number of likely N-dealkylation sites (tertiary alicyclic amines) is 1. The van der Waals surface area contributed by atoms with E-state index in [1.807, 2.05) is 6.92 Å². The standard InChI is InChI=1S/C14H19NO5S/c1-11-4-6-13(7-5-11)21(18,19)20-10-12-3-2-8-15(9-12)14(16)17/h4-7,12H,2-3,8-10H2,1H3,(H,16,17)/t12-/m1/s1. The Hall–Kier alpha value is -1.60. The lowest BCUT2D eigenvalue weighted by atomic mass is 10.00. The molecule has 116 valence electrons. The van der Waals surface area contributed by atoms with E-state index >= 15 is 0 Å². The van der Waals surface area contributed by atoms with Gasteiger partial charge in [-0.05, 0) is 31.9 Å². The molecule has 1 amide bonds. The van der Waals surface area contributed by atoms with Crippen molar-refractivity contribution >= 4 is 16.2 Å². The molecule has 1 saturated heterocycles. The number of hydrogen-bond acceptors (Lipinski definition) is 4. The third-order valence-corrected chi connectivity index (χ3v) is 4.85. The first-order valence-corrected chi connectivity index (χ1v) is 8.23. The van der Waals surface area contributed by atoms with E-state index < -0.39 is 16.2 Å². The summed E-state index contributed by atoms with van der Waals surface area (Å²) in [7, 11) is -3.78. The fourth-order valence-corrected chi connectivity index (χ4v) is 3.31. The summed E-state index contributed by atoms with van der Waals surface area (Å²) >= 11 is 0. The summed E-state index contributed by atoms with van der Waals surface area (Å²) in [4.78, 5) is 12.3. The maximum atomic E-state index is 12.0. The van der Waals surface area contributed by atoms with Crippen molar-refractivity contribution in [3.8, 4) is 0 Å². The first-order valence-electron chi connectivity index (χ1n) is 6.82. The third kappa shape index (κ3) is 4.18. The molecule has 1 aromatic rings. The lowest BCUT2D eigenvalue weighted by Gasteiger charge is -2.30. The molecule has 7 heteroatoms. The van der Waals surface area contributed by atoms with Crippen LogP contribution in [0.3, 0.4) is 0 Å². The van der Waals surface area contributed by atoms with Crippen molar-refractivity contribution in [2.24, 2.45) is 5.92 Å². The summed E-state index contributed by atoms with van der Waals surface area (Å²) in [6.07, 6.45) is 0.527. The van der Waals surface area contributed by atoms with E-state index in [1.54, 1.807) is 12.1 Å². The summed E-state index contributed by atoms with van der Waals surface area (Å²) in [5.41, 5.74) is 0.971. The lowest BCUT2D eigenvalue weighted by Crippen LogP contribution is -2.40. The zero-order chi connectivity index (χ0) is 15.5. The first-order chi connectivity index (χ1) is 9.88. The Morgan fingerprint density at radius 3 is 2.67 bits per heavy atom. The van der Waals surface area contributed by atoms with Crippen molar-refractivity contribution in [2.75, 3.05) is 19.7 Å². The summed E-state index contributed by atoms with van der Waals surface area (Å²) in [5, 5.41) is 8.95. The fraction of sp³-hybridized carbons (Fsp3) is 0.500. The molecule has 1 aliphatic rings. The average Bonchev–Trinajstić information content (AvgIpc) is 2.46. The van der Waals surface area contributed by atoms with Gasteiger partial charge in [0.25, 0.3) is 10.1 Å². The molecule has 0 bridgehead atoms. The van der Waals surface area contributed by atoms with Gasteiger partial charge in [-0.15, -0.1) is 0 Å². The number of benzene rings is 1. The van der Waals surface area contributed by atoms with Crippen LogP contribution < -0.4 is 0 Å². The number of carbonyl (C=O) groups is 1. The van der Waals surface area contributed by atoms with Gasteiger partial charge in [0.15, 0.2) is 0 Å². The van der Waals surface area contributed by atoms with Crippen LogP contribution in [0.2, 0.25) is 0 Å². The van der Waals surface area contributed by atoms with Crippen molar-refractivity contribution in [3.63, 3.8) is 0 Å². The number of aryl methyl sites for hydroxylation is 1. The van der Waals surface area contributed by atoms with E-state index in [1.165, 1.54) is 17.0 Å². The fourth-order valence-electron chi connectivity index (χ4n) is 2.33. The summed E-state index contributed by atoms with van der Waals surface area (Å²) < 4.78 is 29.2. The zero-order valence-corrected chi connectivity index (χ0v) is 12.7. The predicted octanol–water partition coefficient (Wildman–Crippen LogP) is 2.09. The molecule has 0 aromatic heterocycles. The second kappa shape index (κ2) is 6.44. The van der Waals surface area contributed by atoms with Gasteiger partial charge < -0.3 is 10.0 Å². The first kappa shape index (κ1) is 15.8. The molecule has 6 nitrogen and oxygen atoms in total. The molecule has 0 spiro atoms. The molecular formula is C14H19NO5S. The number of piperidine rings is 1. The largest absolute Gasteiger partial charge is 0.465 e. The minimum Gasteiger partial charge on any atom is -0.465 e. The van der Waals surface area contributed by atoms with Gasteiger partial charge >= 0.3 is 6.09 Å². The van der Waals surface area contributed by atoms with Crippen LogP contribution in [0.5, 0.6) is 0 Å². The number of rotatable bonds is 4. The monoisotopic (exact) mass is 313 g/mol. The van der Waals surface area contributed by atoms with Crippen LogP contribution in [0, 0.1) is 12.8 Å². The van der Waals surface area contributed by atoms with Gasteiger partial charge in [0.2, 0.25) is 0 Å². The number of carboxylic acid groups (broad SMARTS) is 1. The molecule has 1 aromatic carbocycles. The van der Waals surface area contributed by atoms with Crippen LogP contribution in [0.25, 0.3) is 0 Å². The smallest absolute Gasteiger partial charge is 0.407 e. The van der Waals surface area contributed by atoms with Crippen LogP contribution >= 0.6 is 0 Å². The van der Waals surface area contributed by atoms with Crippen LogP contribution in [0.1, 0.15) is 18.4 Å². The van der Waals surface area contributed by atoms with E-state index in [-0.39, 0.29) is 17.4 Å². The molecule has 0 radical (unpaired) electrons. The van der Waals surface area contributed by atoms with Crippen molar-refractivity contribution in [2.45, 2.75) is 24.7 Å². The Morgan fingerprint density at radius 1 is 1.38 bits per heavy atom. The van der Waals surface area contributed by atoms with Crippen molar-refractivity contribution < 1.29 is 22.5 Å². The highest BCUT2D eigenvalue weighted by Crippen LogP contribution is 2.20. The SMILES string of the molecule is Cc1ccc(S(=O)(=O)OC[C@@H]2CCCN(C(=O)O)C2)cc1. The summed E-state index contributed by atoms with van der Waals surface area (Å²) in [5.74, 6) is -0.0879. The topological polar surface area (TPSA) is 83.9 Å². The molecule has 1 heterocycles. The Kier molecular flexibility index (Phi) is 4.84. The molecule has 0 unspecified atom stereocenters. The average molecular weight is 313 g/mol. The van der Waals surface area contributed by atoms with Crippen molar-refractivity contribution in [3.05, 3.63) is 29.8 Å². The molecular weight excluding hydrogens is 294 g/mol. The van der Waals surface area contributed by atoms with Crippen LogP contribution in [-0.2, 0) is 14.3 Å². The number of nitrogens with zero attached hydrogens (tertiary/aromatic N) is 1. The second-order valence-electron chi connectivity index (χ2n) is 5.29. The molecule has 2 rings (SSSR count). The highest BCUT2D eigenvalue weighted by atomic mass is 32.2. The van der Waals surface area contributed by atoms with E-state index in [4.69, 9.17) is 9.29 Å². The summed E-state index contributed by atoms with van der Waals surface area (Å²) in [6.45, 7) is 2.70. The Morgan fingerprint density at radius 2 is 2.05 bits per heavy atom. The Labute approximate surface area is 124 Å². The number of hydrogen-bond donors (Lipinski definition) is 1. The highest BCUT2D eigenvalue weighted by molar-refractivity contribution is 7.86. The maximum Gasteiger partial charge on any atom is 0.407 e. The maximum absolute atomic E-state index is 12.0. The Balaban J connectivity index is 1.95. The quantitative estimate of drug-likeness (QED) is 0.860. The zero-order valence-electron chi connectivity index (χ0n) is 11.9. The highest BCUT2D eigenvalue weighted by Gasteiger charge is 2.25. The van der Waals surface area contributed by atoms with E-state index in [2.05, 4.69) is 0 Å². The van der Waals surface area contributed by atoms with E-state index in [9.17, 15) is 13.2 Å². The third-order valence-electron chi connectivity index (χ3n) is 3.56.